The van der Waals surface area contributed by atoms with Gasteiger partial charge in [0.25, 0.3) is 0 Å². The predicted molar refractivity (Wildman–Crippen MR) is 37.0 cm³/mol. The highest BCUT2D eigenvalue weighted by Crippen LogP contribution is 2.14. The van der Waals surface area contributed by atoms with Crippen molar-refractivity contribution in [2.24, 2.45) is 0 Å². The van der Waals surface area contributed by atoms with E-state index in [4.69, 9.17) is 10.4 Å². The van der Waals surface area contributed by atoms with Gasteiger partial charge in [-0.25, -0.2) is 8.78 Å². The van der Waals surface area contributed by atoms with Gasteiger partial charge in [0, 0.05) is 11.6 Å². The molecule has 0 unspecified atom stereocenters. The van der Waals surface area contributed by atoms with Crippen molar-refractivity contribution in [1.29, 1.82) is 5.26 Å². The Morgan fingerprint density at radius 2 is 2.08 bits per heavy atom. The SMILES string of the molecule is N#Cc1cc(F)cc(F)c1CO. The minimum atomic E-state index is -0.894. The van der Waals surface area contributed by atoms with Gasteiger partial charge in [-0.2, -0.15) is 5.26 Å². The van der Waals surface area contributed by atoms with Crippen LogP contribution >= 0.6 is 0 Å². The number of hydrogen-bond acceptors (Lipinski definition) is 2. The van der Waals surface area contributed by atoms with Crippen molar-refractivity contribution >= 4 is 0 Å². The van der Waals surface area contributed by atoms with Gasteiger partial charge in [-0.3, -0.25) is 0 Å². The minimum Gasteiger partial charge on any atom is -0.392 e. The van der Waals surface area contributed by atoms with Gasteiger partial charge in [-0.05, 0) is 6.07 Å². The lowest BCUT2D eigenvalue weighted by Crippen LogP contribution is -1.96. The Morgan fingerprint density at radius 3 is 2.58 bits per heavy atom. The molecular formula is C8H5F2NO. The van der Waals surface area contributed by atoms with Crippen LogP contribution in [0.25, 0.3) is 0 Å². The third kappa shape index (κ3) is 1.41. The van der Waals surface area contributed by atoms with Crippen molar-refractivity contribution in [1.82, 2.24) is 0 Å². The first-order valence-corrected chi connectivity index (χ1v) is 3.18. The molecule has 2 nitrogen and oxygen atoms in total. The maximum Gasteiger partial charge on any atom is 0.132 e. The van der Waals surface area contributed by atoms with Crippen molar-refractivity contribution in [2.45, 2.75) is 6.61 Å². The number of rotatable bonds is 1. The van der Waals surface area contributed by atoms with Crippen molar-refractivity contribution in [3.63, 3.8) is 0 Å². The number of aliphatic hydroxyl groups excluding tert-OH is 1. The van der Waals surface area contributed by atoms with Crippen LogP contribution in [0.2, 0.25) is 0 Å². The number of benzene rings is 1. The molecule has 1 aromatic carbocycles. The van der Waals surface area contributed by atoms with Gasteiger partial charge < -0.3 is 5.11 Å². The molecule has 0 spiro atoms. The second-order valence-corrected chi connectivity index (χ2v) is 2.18. The Balaban J connectivity index is 3.36. The Labute approximate surface area is 67.7 Å². The first kappa shape index (κ1) is 8.62. The Hall–Kier alpha value is -1.47. The van der Waals surface area contributed by atoms with Crippen molar-refractivity contribution < 1.29 is 13.9 Å². The van der Waals surface area contributed by atoms with Crippen molar-refractivity contribution in [3.05, 3.63) is 34.9 Å². The predicted octanol–water partition coefficient (Wildman–Crippen LogP) is 1.33. The molecule has 0 aliphatic heterocycles. The third-order valence-electron chi connectivity index (χ3n) is 1.44. The maximum atomic E-state index is 12.7. The maximum absolute atomic E-state index is 12.7. The zero-order valence-corrected chi connectivity index (χ0v) is 6.01. The molecular weight excluding hydrogens is 164 g/mol. The fourth-order valence-electron chi connectivity index (χ4n) is 0.864. The number of hydrogen-bond donors (Lipinski definition) is 1. The lowest BCUT2D eigenvalue weighted by atomic mass is 10.1. The van der Waals surface area contributed by atoms with Gasteiger partial charge in [0.05, 0.1) is 18.2 Å². The van der Waals surface area contributed by atoms with Crippen LogP contribution in [-0.2, 0) is 6.61 Å². The van der Waals surface area contributed by atoms with Gasteiger partial charge in [0.15, 0.2) is 0 Å². The van der Waals surface area contributed by atoms with E-state index in [0.29, 0.717) is 6.07 Å². The molecule has 1 aromatic rings. The average molecular weight is 169 g/mol. The lowest BCUT2D eigenvalue weighted by molar-refractivity contribution is 0.275. The molecule has 0 radical (unpaired) electrons. The van der Waals surface area contributed by atoms with E-state index < -0.39 is 18.2 Å². The number of nitriles is 1. The molecule has 0 aliphatic rings. The molecule has 0 aliphatic carbocycles. The molecule has 0 atom stereocenters. The van der Waals surface area contributed by atoms with E-state index in [1.54, 1.807) is 6.07 Å². The zero-order chi connectivity index (χ0) is 9.14. The summed E-state index contributed by atoms with van der Waals surface area (Å²) in [5.74, 6) is -1.71. The van der Waals surface area contributed by atoms with E-state index in [-0.39, 0.29) is 11.1 Å². The molecule has 62 valence electrons. The summed E-state index contributed by atoms with van der Waals surface area (Å²) in [6, 6.07) is 3.10. The quantitative estimate of drug-likeness (QED) is 0.689. The van der Waals surface area contributed by atoms with Crippen LogP contribution in [0.5, 0.6) is 0 Å². The Morgan fingerprint density at radius 1 is 1.42 bits per heavy atom. The Kier molecular flexibility index (Phi) is 2.36. The summed E-state index contributed by atoms with van der Waals surface area (Å²) in [5.41, 5.74) is -0.339. The molecule has 1 N–H and O–H groups in total. The van der Waals surface area contributed by atoms with E-state index in [1.165, 1.54) is 0 Å². The molecule has 0 bridgehead atoms. The van der Waals surface area contributed by atoms with Gasteiger partial charge in [0.1, 0.15) is 11.6 Å². The number of halogens is 2. The van der Waals surface area contributed by atoms with E-state index in [0.717, 1.165) is 6.07 Å². The van der Waals surface area contributed by atoms with Crippen LogP contribution in [0.15, 0.2) is 12.1 Å². The largest absolute Gasteiger partial charge is 0.392 e. The summed E-state index contributed by atoms with van der Waals surface area (Å²) in [6.07, 6.45) is 0. The average Bonchev–Trinajstić information content (AvgIpc) is 2.03. The minimum absolute atomic E-state index is 0.168. The topological polar surface area (TPSA) is 44.0 Å². The van der Waals surface area contributed by atoms with E-state index in [9.17, 15) is 8.78 Å². The molecule has 1 rings (SSSR count). The highest BCUT2D eigenvalue weighted by atomic mass is 19.1. The van der Waals surface area contributed by atoms with Crippen LogP contribution in [0, 0.1) is 23.0 Å². The molecule has 0 amide bonds. The Bertz CT molecular complexity index is 344. The van der Waals surface area contributed by atoms with Gasteiger partial charge in [0.2, 0.25) is 0 Å². The summed E-state index contributed by atoms with van der Waals surface area (Å²) in [5, 5.41) is 17.0. The van der Waals surface area contributed by atoms with Crippen LogP contribution in [0.3, 0.4) is 0 Å². The first-order chi connectivity index (χ1) is 5.69. The summed E-state index contributed by atoms with van der Waals surface area (Å²) in [7, 11) is 0. The molecule has 0 heterocycles. The second-order valence-electron chi connectivity index (χ2n) is 2.18. The summed E-state index contributed by atoms with van der Waals surface area (Å²) in [6.45, 7) is -0.602. The lowest BCUT2D eigenvalue weighted by Gasteiger charge is -2.00. The molecule has 0 fully saturated rings. The molecule has 12 heavy (non-hydrogen) atoms. The second kappa shape index (κ2) is 3.28. The summed E-state index contributed by atoms with van der Waals surface area (Å²) in [4.78, 5) is 0. The van der Waals surface area contributed by atoms with E-state index in [2.05, 4.69) is 0 Å². The highest BCUT2D eigenvalue weighted by molar-refractivity contribution is 5.38. The zero-order valence-electron chi connectivity index (χ0n) is 6.01. The summed E-state index contributed by atoms with van der Waals surface area (Å²) < 4.78 is 25.2. The van der Waals surface area contributed by atoms with Gasteiger partial charge >= 0.3 is 0 Å². The smallest absolute Gasteiger partial charge is 0.132 e. The normalized spacial score (nSPS) is 9.50. The van der Waals surface area contributed by atoms with Gasteiger partial charge in [-0.15, -0.1) is 0 Å². The van der Waals surface area contributed by atoms with Gasteiger partial charge in [-0.1, -0.05) is 0 Å². The van der Waals surface area contributed by atoms with Crippen LogP contribution in [0.1, 0.15) is 11.1 Å². The van der Waals surface area contributed by atoms with E-state index in [1.807, 2.05) is 0 Å². The van der Waals surface area contributed by atoms with Crippen molar-refractivity contribution in [3.8, 4) is 6.07 Å². The fraction of sp³-hybridized carbons (Fsp3) is 0.125. The first-order valence-electron chi connectivity index (χ1n) is 3.18. The number of nitrogens with zero attached hydrogens (tertiary/aromatic N) is 1. The molecule has 0 aromatic heterocycles. The molecule has 0 saturated heterocycles. The standard InChI is InChI=1S/C8H5F2NO/c9-6-1-5(3-11)7(4-12)8(10)2-6/h1-2,12H,4H2. The monoisotopic (exact) mass is 169 g/mol. The van der Waals surface area contributed by atoms with Crippen LogP contribution < -0.4 is 0 Å². The van der Waals surface area contributed by atoms with Crippen molar-refractivity contribution in [2.75, 3.05) is 0 Å². The molecule has 4 heteroatoms. The highest BCUT2D eigenvalue weighted by Gasteiger charge is 2.09. The fourth-order valence-corrected chi connectivity index (χ4v) is 0.864. The van der Waals surface area contributed by atoms with Crippen LogP contribution in [-0.4, -0.2) is 5.11 Å². The molecule has 0 saturated carbocycles. The van der Waals surface area contributed by atoms with Crippen LogP contribution in [0.4, 0.5) is 8.78 Å². The van der Waals surface area contributed by atoms with E-state index >= 15 is 0 Å². The third-order valence-corrected chi connectivity index (χ3v) is 1.44. The summed E-state index contributed by atoms with van der Waals surface area (Å²) >= 11 is 0. The number of aliphatic hydroxyl groups is 1.